The number of halogens is 1. The van der Waals surface area contributed by atoms with Crippen LogP contribution in [0.3, 0.4) is 0 Å². The molecule has 0 bridgehead atoms. The summed E-state index contributed by atoms with van der Waals surface area (Å²) in [6.07, 6.45) is 1.57. The summed E-state index contributed by atoms with van der Waals surface area (Å²) in [6, 6.07) is 19.7. The SMILES string of the molecule is Cc1cc(-c2ccccc2)nc(N2CCC(C(=O)NCc3ccccc3Cl)CC2)n1. The van der Waals surface area contributed by atoms with Crippen molar-refractivity contribution in [1.82, 2.24) is 15.3 Å². The highest BCUT2D eigenvalue weighted by Crippen LogP contribution is 2.25. The maximum absolute atomic E-state index is 12.6. The smallest absolute Gasteiger partial charge is 0.226 e. The predicted molar refractivity (Wildman–Crippen MR) is 120 cm³/mol. The molecule has 5 nitrogen and oxygen atoms in total. The van der Waals surface area contributed by atoms with Gasteiger partial charge in [-0.1, -0.05) is 60.1 Å². The normalized spacial score (nSPS) is 14.5. The lowest BCUT2D eigenvalue weighted by atomic mass is 9.96. The van der Waals surface area contributed by atoms with Crippen LogP contribution in [0.25, 0.3) is 11.3 Å². The van der Waals surface area contributed by atoms with Gasteiger partial charge in [0.1, 0.15) is 0 Å². The lowest BCUT2D eigenvalue weighted by molar-refractivity contribution is -0.125. The van der Waals surface area contributed by atoms with Gasteiger partial charge in [0.25, 0.3) is 0 Å². The van der Waals surface area contributed by atoms with Gasteiger partial charge >= 0.3 is 0 Å². The fourth-order valence-electron chi connectivity index (χ4n) is 3.76. The molecular formula is C24H25ClN4O. The number of benzene rings is 2. The molecule has 2 aromatic carbocycles. The van der Waals surface area contributed by atoms with Gasteiger partial charge < -0.3 is 10.2 Å². The van der Waals surface area contributed by atoms with Crippen molar-refractivity contribution in [3.05, 3.63) is 76.9 Å². The number of hydrogen-bond acceptors (Lipinski definition) is 4. The zero-order valence-corrected chi connectivity index (χ0v) is 17.8. The molecule has 1 aromatic heterocycles. The van der Waals surface area contributed by atoms with E-state index < -0.39 is 0 Å². The largest absolute Gasteiger partial charge is 0.352 e. The Labute approximate surface area is 182 Å². The van der Waals surface area contributed by atoms with E-state index >= 15 is 0 Å². The summed E-state index contributed by atoms with van der Waals surface area (Å²) in [7, 11) is 0. The van der Waals surface area contributed by atoms with Crippen LogP contribution < -0.4 is 10.2 Å². The summed E-state index contributed by atoms with van der Waals surface area (Å²) in [4.78, 5) is 24.2. The molecule has 3 aromatic rings. The van der Waals surface area contributed by atoms with Crippen molar-refractivity contribution in [3.63, 3.8) is 0 Å². The first kappa shape index (κ1) is 20.4. The maximum atomic E-state index is 12.6. The molecule has 0 radical (unpaired) electrons. The van der Waals surface area contributed by atoms with E-state index in [4.69, 9.17) is 16.6 Å². The van der Waals surface area contributed by atoms with Crippen LogP contribution in [0, 0.1) is 12.8 Å². The lowest BCUT2D eigenvalue weighted by Gasteiger charge is -2.31. The van der Waals surface area contributed by atoms with Crippen LogP contribution in [-0.2, 0) is 11.3 Å². The number of aromatic nitrogens is 2. The number of amides is 1. The number of carbonyl (C=O) groups excluding carboxylic acids is 1. The summed E-state index contributed by atoms with van der Waals surface area (Å²) in [6.45, 7) is 3.98. The van der Waals surface area contributed by atoms with E-state index in [1.807, 2.05) is 55.5 Å². The molecule has 1 aliphatic heterocycles. The van der Waals surface area contributed by atoms with E-state index in [0.29, 0.717) is 11.6 Å². The van der Waals surface area contributed by atoms with Crippen LogP contribution in [0.4, 0.5) is 5.95 Å². The molecule has 1 saturated heterocycles. The van der Waals surface area contributed by atoms with Gasteiger partial charge in [-0.15, -0.1) is 0 Å². The van der Waals surface area contributed by atoms with Crippen molar-refractivity contribution in [3.8, 4) is 11.3 Å². The van der Waals surface area contributed by atoms with Crippen LogP contribution in [-0.4, -0.2) is 29.0 Å². The number of anilines is 1. The number of nitrogens with zero attached hydrogens (tertiary/aromatic N) is 3. The molecule has 0 saturated carbocycles. The summed E-state index contributed by atoms with van der Waals surface area (Å²) in [5.41, 5.74) is 3.89. The van der Waals surface area contributed by atoms with Crippen LogP contribution >= 0.6 is 11.6 Å². The lowest BCUT2D eigenvalue weighted by Crippen LogP contribution is -2.41. The first-order chi connectivity index (χ1) is 14.6. The Kier molecular flexibility index (Phi) is 6.29. The highest BCUT2D eigenvalue weighted by atomic mass is 35.5. The highest BCUT2D eigenvalue weighted by molar-refractivity contribution is 6.31. The Bertz CT molecular complexity index is 1020. The number of hydrogen-bond donors (Lipinski definition) is 1. The van der Waals surface area contributed by atoms with Gasteiger partial charge in [-0.05, 0) is 37.5 Å². The molecule has 0 spiro atoms. The third kappa shape index (κ3) is 4.79. The molecular weight excluding hydrogens is 396 g/mol. The summed E-state index contributed by atoms with van der Waals surface area (Å²) in [5, 5.41) is 3.71. The monoisotopic (exact) mass is 420 g/mol. The number of carbonyl (C=O) groups is 1. The second-order valence-corrected chi connectivity index (χ2v) is 8.04. The molecule has 0 unspecified atom stereocenters. The van der Waals surface area contributed by atoms with Gasteiger partial charge in [0, 0.05) is 41.8 Å². The Morgan fingerprint density at radius 2 is 1.77 bits per heavy atom. The van der Waals surface area contributed by atoms with Gasteiger partial charge in [0.05, 0.1) is 5.69 Å². The Balaban J connectivity index is 1.37. The standard InChI is InChI=1S/C24H25ClN4O/c1-17-15-22(18-7-3-2-4-8-18)28-24(27-17)29-13-11-19(12-14-29)23(30)26-16-20-9-5-6-10-21(20)25/h2-10,15,19H,11-14,16H2,1H3,(H,26,30). The van der Waals surface area contributed by atoms with Crippen molar-refractivity contribution in [2.45, 2.75) is 26.3 Å². The maximum Gasteiger partial charge on any atom is 0.226 e. The van der Waals surface area contributed by atoms with E-state index in [9.17, 15) is 4.79 Å². The third-order valence-electron chi connectivity index (χ3n) is 5.47. The van der Waals surface area contributed by atoms with Gasteiger partial charge in [0.15, 0.2) is 0 Å². The molecule has 0 aliphatic carbocycles. The summed E-state index contributed by atoms with van der Waals surface area (Å²) >= 11 is 6.18. The second-order valence-electron chi connectivity index (χ2n) is 7.63. The van der Waals surface area contributed by atoms with E-state index in [1.165, 1.54) is 0 Å². The van der Waals surface area contributed by atoms with Gasteiger partial charge in [-0.3, -0.25) is 4.79 Å². The van der Waals surface area contributed by atoms with E-state index in [-0.39, 0.29) is 11.8 Å². The van der Waals surface area contributed by atoms with E-state index in [1.54, 1.807) is 0 Å². The fourth-order valence-corrected chi connectivity index (χ4v) is 3.96. The van der Waals surface area contributed by atoms with Gasteiger partial charge in [-0.2, -0.15) is 0 Å². The van der Waals surface area contributed by atoms with Gasteiger partial charge in [0.2, 0.25) is 11.9 Å². The minimum absolute atomic E-state index is 0.00198. The predicted octanol–water partition coefficient (Wildman–Crippen LogP) is 4.64. The van der Waals surface area contributed by atoms with Crippen LogP contribution in [0.1, 0.15) is 24.1 Å². The summed E-state index contributed by atoms with van der Waals surface area (Å²) < 4.78 is 0. The zero-order valence-electron chi connectivity index (χ0n) is 17.0. The average molecular weight is 421 g/mol. The minimum atomic E-state index is 0.00198. The van der Waals surface area contributed by atoms with E-state index in [0.717, 1.165) is 54.4 Å². The zero-order chi connectivity index (χ0) is 20.9. The molecule has 154 valence electrons. The van der Waals surface area contributed by atoms with Crippen molar-refractivity contribution in [1.29, 1.82) is 0 Å². The Morgan fingerprint density at radius 1 is 1.07 bits per heavy atom. The van der Waals surface area contributed by atoms with Crippen molar-refractivity contribution in [2.75, 3.05) is 18.0 Å². The molecule has 2 heterocycles. The first-order valence-electron chi connectivity index (χ1n) is 10.3. The van der Waals surface area contributed by atoms with E-state index in [2.05, 4.69) is 27.3 Å². The number of nitrogens with one attached hydrogen (secondary N) is 1. The molecule has 4 rings (SSSR count). The minimum Gasteiger partial charge on any atom is -0.352 e. The van der Waals surface area contributed by atoms with Crippen LogP contribution in [0.2, 0.25) is 5.02 Å². The Hall–Kier alpha value is -2.92. The van der Waals surface area contributed by atoms with Crippen LogP contribution in [0.5, 0.6) is 0 Å². The number of rotatable bonds is 5. The molecule has 30 heavy (non-hydrogen) atoms. The topological polar surface area (TPSA) is 58.1 Å². The molecule has 1 N–H and O–H groups in total. The van der Waals surface area contributed by atoms with Crippen molar-refractivity contribution < 1.29 is 4.79 Å². The van der Waals surface area contributed by atoms with Crippen LogP contribution in [0.15, 0.2) is 60.7 Å². The quantitative estimate of drug-likeness (QED) is 0.653. The fraction of sp³-hybridized carbons (Fsp3) is 0.292. The molecule has 0 atom stereocenters. The third-order valence-corrected chi connectivity index (χ3v) is 5.84. The van der Waals surface area contributed by atoms with Crippen molar-refractivity contribution >= 4 is 23.5 Å². The first-order valence-corrected chi connectivity index (χ1v) is 10.6. The van der Waals surface area contributed by atoms with Gasteiger partial charge in [-0.25, -0.2) is 9.97 Å². The average Bonchev–Trinajstić information content (AvgIpc) is 2.78. The molecule has 1 amide bonds. The van der Waals surface area contributed by atoms with Crippen molar-refractivity contribution in [2.24, 2.45) is 5.92 Å². The molecule has 1 fully saturated rings. The second kappa shape index (κ2) is 9.26. The molecule has 6 heteroatoms. The Morgan fingerprint density at radius 3 is 2.50 bits per heavy atom. The summed E-state index contributed by atoms with van der Waals surface area (Å²) in [5.74, 6) is 0.829. The number of aryl methyl sites for hydroxylation is 1. The number of piperidine rings is 1. The molecule has 1 aliphatic rings. The highest BCUT2D eigenvalue weighted by Gasteiger charge is 2.26.